The first-order chi connectivity index (χ1) is 32.3. The number of aliphatic hydroxyl groups is 1. The number of aryl methyl sites for hydroxylation is 4. The van der Waals surface area contributed by atoms with Crippen LogP contribution in [0.5, 0.6) is 5.75 Å². The minimum atomic E-state index is -0.103. The number of hydrogen-bond donors (Lipinski definition) is 1. The van der Waals surface area contributed by atoms with Gasteiger partial charge in [0.25, 0.3) is 0 Å². The zero-order chi connectivity index (χ0) is 45.6. The molecule has 9 rings (SSSR count). The molecule has 1 aliphatic carbocycles. The van der Waals surface area contributed by atoms with E-state index in [1.54, 1.807) is 7.11 Å². The summed E-state index contributed by atoms with van der Waals surface area (Å²) < 4.78 is 6.09. The van der Waals surface area contributed by atoms with Crippen LogP contribution >= 0.6 is 0 Å². The number of benzene rings is 8. The summed E-state index contributed by atoms with van der Waals surface area (Å²) >= 11 is 0. The average molecular weight is 867 g/mol. The second kappa shape index (κ2) is 19.7. The van der Waals surface area contributed by atoms with Gasteiger partial charge in [-0.05, 0) is 168 Å². The van der Waals surface area contributed by atoms with Gasteiger partial charge in [0, 0.05) is 51.2 Å². The molecule has 0 atom stereocenters. The maximum Gasteiger partial charge on any atom is 0.128 e. The van der Waals surface area contributed by atoms with Gasteiger partial charge in [0.15, 0.2) is 0 Å². The van der Waals surface area contributed by atoms with Crippen LogP contribution in [0, 0.1) is 13.8 Å². The zero-order valence-corrected chi connectivity index (χ0v) is 39.2. The first-order valence-corrected chi connectivity index (χ1v) is 23.9. The van der Waals surface area contributed by atoms with E-state index in [-0.39, 0.29) is 12.0 Å². The minimum absolute atomic E-state index is 0.0439. The molecule has 8 aromatic carbocycles. The number of methoxy groups -OCH3 is 1. The molecular weight excluding hydrogens is 805 g/mol. The van der Waals surface area contributed by atoms with Crippen molar-refractivity contribution in [2.45, 2.75) is 84.7 Å². The Balaban J connectivity index is 1.09. The lowest BCUT2D eigenvalue weighted by Gasteiger charge is -2.39. The lowest BCUT2D eigenvalue weighted by atomic mass is 9.65. The van der Waals surface area contributed by atoms with Crippen LogP contribution in [0.1, 0.15) is 84.9 Å². The lowest BCUT2D eigenvalue weighted by molar-refractivity contribution is 0.282. The van der Waals surface area contributed by atoms with Gasteiger partial charge in [0.1, 0.15) is 5.75 Å². The number of ether oxygens (including phenoxy) is 1. The normalized spacial score (nSPS) is 13.3. The number of hydrogen-bond acceptors (Lipinski definition) is 4. The van der Waals surface area contributed by atoms with Crippen molar-refractivity contribution in [2.75, 3.05) is 16.9 Å². The molecule has 66 heavy (non-hydrogen) atoms. The molecule has 0 bridgehead atoms. The van der Waals surface area contributed by atoms with E-state index in [2.05, 4.69) is 219 Å². The highest BCUT2D eigenvalue weighted by molar-refractivity contribution is 5.83. The van der Waals surface area contributed by atoms with Gasteiger partial charge in [-0.25, -0.2) is 0 Å². The van der Waals surface area contributed by atoms with E-state index < -0.39 is 0 Å². The molecule has 8 aromatic rings. The van der Waals surface area contributed by atoms with Gasteiger partial charge < -0.3 is 19.6 Å². The summed E-state index contributed by atoms with van der Waals surface area (Å²) in [5.41, 5.74) is 19.5. The Labute approximate surface area is 392 Å². The monoisotopic (exact) mass is 866 g/mol. The highest BCUT2D eigenvalue weighted by Gasteiger charge is 2.36. The van der Waals surface area contributed by atoms with Gasteiger partial charge in [0.2, 0.25) is 0 Å². The third-order valence-electron chi connectivity index (χ3n) is 14.1. The molecule has 1 N–H and O–H groups in total. The molecule has 1 aliphatic rings. The number of anilines is 6. The second-order valence-corrected chi connectivity index (χ2v) is 18.0. The number of aliphatic hydroxyl groups excluding tert-OH is 1. The third kappa shape index (κ3) is 8.78. The first-order valence-electron chi connectivity index (χ1n) is 23.9. The van der Waals surface area contributed by atoms with Crippen LogP contribution in [-0.2, 0) is 24.9 Å². The fraction of sp³-hybridized carbons (Fsp3) is 0.226. The van der Waals surface area contributed by atoms with Gasteiger partial charge in [-0.1, -0.05) is 136 Å². The quantitative estimate of drug-likeness (QED) is 0.118. The highest BCUT2D eigenvalue weighted by Crippen LogP contribution is 2.48. The summed E-state index contributed by atoms with van der Waals surface area (Å²) in [6.07, 6.45) is 7.83. The second-order valence-electron chi connectivity index (χ2n) is 18.0. The van der Waals surface area contributed by atoms with Crippen molar-refractivity contribution in [1.82, 2.24) is 0 Å². The third-order valence-corrected chi connectivity index (χ3v) is 14.1. The fourth-order valence-corrected chi connectivity index (χ4v) is 10.3. The molecule has 0 amide bonds. The van der Waals surface area contributed by atoms with E-state index in [4.69, 9.17) is 4.74 Å². The molecule has 0 radical (unpaired) electrons. The zero-order valence-electron chi connectivity index (χ0n) is 39.2. The predicted molar refractivity (Wildman–Crippen MR) is 278 cm³/mol. The van der Waals surface area contributed by atoms with Gasteiger partial charge in [-0.2, -0.15) is 0 Å². The van der Waals surface area contributed by atoms with Crippen molar-refractivity contribution in [3.63, 3.8) is 0 Å². The Morgan fingerprint density at radius 2 is 0.864 bits per heavy atom. The van der Waals surface area contributed by atoms with Crippen LogP contribution in [0.25, 0.3) is 22.3 Å². The van der Waals surface area contributed by atoms with Crippen LogP contribution in [-0.4, -0.2) is 12.2 Å². The van der Waals surface area contributed by atoms with Gasteiger partial charge in [0.05, 0.1) is 13.7 Å². The number of rotatable bonds is 14. The molecular formula is C62H62N2O2. The topological polar surface area (TPSA) is 35.9 Å². The van der Waals surface area contributed by atoms with Gasteiger partial charge in [-0.15, -0.1) is 0 Å². The van der Waals surface area contributed by atoms with Crippen molar-refractivity contribution in [2.24, 2.45) is 0 Å². The maximum absolute atomic E-state index is 10.7. The Morgan fingerprint density at radius 3 is 1.30 bits per heavy atom. The predicted octanol–water partition coefficient (Wildman–Crippen LogP) is 16.5. The van der Waals surface area contributed by atoms with Gasteiger partial charge in [-0.3, -0.25) is 0 Å². The fourth-order valence-electron chi connectivity index (χ4n) is 10.3. The van der Waals surface area contributed by atoms with Crippen molar-refractivity contribution in [3.8, 4) is 28.0 Å². The van der Waals surface area contributed by atoms with Crippen molar-refractivity contribution in [1.29, 1.82) is 0 Å². The van der Waals surface area contributed by atoms with Crippen molar-refractivity contribution >= 4 is 34.1 Å². The standard InChI is InChI=1S/C62H62N2O2/c1-6-46-19-27-51(28-20-46)63(55-35-37-59(48(41-55)43-65)57-17-11-9-15-44(57)3)53-31-23-49(24-32-53)62(39-13-8-14-40-62)50-25-33-54(34-26-50)64(52-29-21-47(7-2)22-30-52)56-36-38-60(61(42-56)66-5)58-18-12-10-16-45(58)4/h9-12,15-38,41-42,65H,6-8,13-14,39-40,43H2,1-5H3. The summed E-state index contributed by atoms with van der Waals surface area (Å²) in [5.74, 6) is 0.850. The molecule has 0 aliphatic heterocycles. The van der Waals surface area contributed by atoms with E-state index in [9.17, 15) is 5.11 Å². The van der Waals surface area contributed by atoms with Crippen molar-refractivity contribution in [3.05, 3.63) is 221 Å². The minimum Gasteiger partial charge on any atom is -0.496 e. The first kappa shape index (κ1) is 44.3. The Bertz CT molecular complexity index is 2700. The average Bonchev–Trinajstić information content (AvgIpc) is 3.38. The lowest BCUT2D eigenvalue weighted by Crippen LogP contribution is -2.30. The molecule has 0 spiro atoms. The Hall–Kier alpha value is -6.88. The largest absolute Gasteiger partial charge is 0.496 e. The summed E-state index contributed by atoms with van der Waals surface area (Å²) in [7, 11) is 1.77. The van der Waals surface area contributed by atoms with Crippen molar-refractivity contribution < 1.29 is 9.84 Å². The van der Waals surface area contributed by atoms with E-state index in [0.29, 0.717) is 0 Å². The molecule has 4 nitrogen and oxygen atoms in total. The highest BCUT2D eigenvalue weighted by atomic mass is 16.5. The Morgan fingerprint density at radius 1 is 0.455 bits per heavy atom. The van der Waals surface area contributed by atoms with E-state index in [0.717, 1.165) is 87.8 Å². The molecule has 0 saturated heterocycles. The molecule has 0 heterocycles. The van der Waals surface area contributed by atoms with Crippen LogP contribution in [0.3, 0.4) is 0 Å². The molecule has 1 fully saturated rings. The van der Waals surface area contributed by atoms with Crippen LogP contribution in [0.2, 0.25) is 0 Å². The summed E-state index contributed by atoms with van der Waals surface area (Å²) in [4.78, 5) is 4.68. The molecule has 1 saturated carbocycles. The molecule has 0 unspecified atom stereocenters. The number of nitrogens with zero attached hydrogens (tertiary/aromatic N) is 2. The summed E-state index contributed by atoms with van der Waals surface area (Å²) in [6.45, 7) is 8.64. The maximum atomic E-state index is 10.7. The summed E-state index contributed by atoms with van der Waals surface area (Å²) in [5, 5.41) is 10.7. The van der Waals surface area contributed by atoms with Crippen LogP contribution in [0.15, 0.2) is 182 Å². The van der Waals surface area contributed by atoms with Gasteiger partial charge >= 0.3 is 0 Å². The molecule has 332 valence electrons. The van der Waals surface area contributed by atoms with Crippen LogP contribution in [0.4, 0.5) is 34.1 Å². The molecule has 0 aromatic heterocycles. The van der Waals surface area contributed by atoms with Crippen LogP contribution < -0.4 is 14.5 Å². The van der Waals surface area contributed by atoms with E-state index >= 15 is 0 Å². The Kier molecular flexibility index (Phi) is 13.2. The SMILES string of the molecule is CCc1ccc(N(c2ccc(C3(c4ccc(N(c5ccc(CC)cc5)c5ccc(-c6ccccc6C)c(OC)c5)cc4)CCCCC3)cc2)c2ccc(-c3ccccc3C)c(CO)c2)cc1. The smallest absolute Gasteiger partial charge is 0.128 e. The summed E-state index contributed by atoms with van der Waals surface area (Å²) in [6, 6.07) is 66.6. The molecule has 4 heteroatoms. The van der Waals surface area contributed by atoms with E-state index in [1.165, 1.54) is 58.2 Å². The van der Waals surface area contributed by atoms with E-state index in [1.807, 2.05) is 0 Å².